The van der Waals surface area contributed by atoms with Crippen molar-refractivity contribution in [2.45, 2.75) is 52.5 Å². The molecule has 0 bridgehead atoms. The molecule has 1 heterocycles. The van der Waals surface area contributed by atoms with Crippen LogP contribution in [0.4, 0.5) is 5.69 Å². The summed E-state index contributed by atoms with van der Waals surface area (Å²) in [5, 5.41) is 0. The second-order valence-corrected chi connectivity index (χ2v) is 6.18. The predicted molar refractivity (Wildman–Crippen MR) is 83.8 cm³/mol. The Kier molecular flexibility index (Phi) is 4.87. The average molecular weight is 260 g/mol. The first-order valence-electron chi connectivity index (χ1n) is 7.70. The molecule has 1 aliphatic heterocycles. The number of nitrogens with zero attached hydrogens (tertiary/aromatic N) is 1. The third-order valence-electron chi connectivity index (χ3n) is 4.21. The van der Waals surface area contributed by atoms with E-state index in [-0.39, 0.29) is 6.04 Å². The Bertz CT molecular complexity index is 412. The van der Waals surface area contributed by atoms with Crippen LogP contribution in [0.25, 0.3) is 0 Å². The topological polar surface area (TPSA) is 29.3 Å². The number of nitrogens with two attached hydrogens (primary N) is 1. The van der Waals surface area contributed by atoms with Crippen LogP contribution in [0, 0.1) is 12.8 Å². The fraction of sp³-hybridized carbons (Fsp3) is 0.647. The quantitative estimate of drug-likeness (QED) is 0.897. The highest BCUT2D eigenvalue weighted by molar-refractivity contribution is 5.55. The summed E-state index contributed by atoms with van der Waals surface area (Å²) in [7, 11) is 0. The third kappa shape index (κ3) is 3.73. The smallest absolute Gasteiger partial charge is 0.0399 e. The van der Waals surface area contributed by atoms with Gasteiger partial charge in [0.1, 0.15) is 0 Å². The molecule has 0 amide bonds. The van der Waals surface area contributed by atoms with Crippen LogP contribution in [0.15, 0.2) is 18.2 Å². The van der Waals surface area contributed by atoms with E-state index in [2.05, 4.69) is 43.9 Å². The first-order chi connectivity index (χ1) is 9.10. The molecule has 2 heteroatoms. The van der Waals surface area contributed by atoms with E-state index in [1.54, 1.807) is 0 Å². The van der Waals surface area contributed by atoms with Gasteiger partial charge in [0, 0.05) is 24.8 Å². The van der Waals surface area contributed by atoms with Crippen LogP contribution in [0.3, 0.4) is 0 Å². The largest absolute Gasteiger partial charge is 0.371 e. The van der Waals surface area contributed by atoms with Crippen LogP contribution in [0.5, 0.6) is 0 Å². The molecule has 0 spiro atoms. The van der Waals surface area contributed by atoms with Crippen molar-refractivity contribution in [3.05, 3.63) is 29.3 Å². The Labute approximate surface area is 118 Å². The van der Waals surface area contributed by atoms with Crippen molar-refractivity contribution in [1.29, 1.82) is 0 Å². The number of benzene rings is 1. The zero-order valence-corrected chi connectivity index (χ0v) is 12.7. The molecule has 0 radical (unpaired) electrons. The summed E-state index contributed by atoms with van der Waals surface area (Å²) in [5.41, 5.74) is 10.2. The molecule has 1 saturated heterocycles. The summed E-state index contributed by atoms with van der Waals surface area (Å²) in [4.78, 5) is 2.58. The summed E-state index contributed by atoms with van der Waals surface area (Å²) >= 11 is 0. The molecule has 1 fully saturated rings. The molecule has 19 heavy (non-hydrogen) atoms. The van der Waals surface area contributed by atoms with E-state index in [4.69, 9.17) is 5.73 Å². The van der Waals surface area contributed by atoms with E-state index in [0.29, 0.717) is 0 Å². The summed E-state index contributed by atoms with van der Waals surface area (Å²) < 4.78 is 0. The highest BCUT2D eigenvalue weighted by atomic mass is 15.1. The Morgan fingerprint density at radius 1 is 1.42 bits per heavy atom. The minimum Gasteiger partial charge on any atom is -0.371 e. The van der Waals surface area contributed by atoms with Gasteiger partial charge < -0.3 is 10.6 Å². The minimum absolute atomic E-state index is 0.229. The second kappa shape index (κ2) is 6.42. The molecule has 2 nitrogen and oxygen atoms in total. The van der Waals surface area contributed by atoms with Crippen molar-refractivity contribution in [1.82, 2.24) is 0 Å². The van der Waals surface area contributed by atoms with Crippen LogP contribution in [-0.4, -0.2) is 19.1 Å². The van der Waals surface area contributed by atoms with Crippen molar-refractivity contribution in [2.75, 3.05) is 18.0 Å². The molecule has 0 aromatic heterocycles. The number of rotatable bonds is 4. The molecule has 2 rings (SSSR count). The summed E-state index contributed by atoms with van der Waals surface area (Å²) in [6.45, 7) is 8.99. The molecule has 1 aliphatic rings. The Balaban J connectivity index is 2.22. The van der Waals surface area contributed by atoms with E-state index in [1.807, 2.05) is 0 Å². The molecule has 1 aromatic rings. The maximum absolute atomic E-state index is 6.01. The number of piperidine rings is 1. The molecule has 106 valence electrons. The van der Waals surface area contributed by atoms with Gasteiger partial charge in [0.25, 0.3) is 0 Å². The van der Waals surface area contributed by atoms with Crippen LogP contribution in [0.2, 0.25) is 0 Å². The first kappa shape index (κ1) is 14.4. The van der Waals surface area contributed by atoms with E-state index >= 15 is 0 Å². The zero-order chi connectivity index (χ0) is 13.8. The van der Waals surface area contributed by atoms with Crippen LogP contribution < -0.4 is 10.6 Å². The van der Waals surface area contributed by atoms with E-state index in [1.165, 1.54) is 49.2 Å². The molecule has 2 unspecified atom stereocenters. The lowest BCUT2D eigenvalue weighted by Crippen LogP contribution is -2.36. The van der Waals surface area contributed by atoms with Crippen molar-refractivity contribution in [3.8, 4) is 0 Å². The third-order valence-corrected chi connectivity index (χ3v) is 4.21. The number of aryl methyl sites for hydroxylation is 1. The molecule has 0 aliphatic carbocycles. The fourth-order valence-electron chi connectivity index (χ4n) is 3.15. The van der Waals surface area contributed by atoms with Gasteiger partial charge in [-0.25, -0.2) is 0 Å². The van der Waals surface area contributed by atoms with E-state index in [9.17, 15) is 0 Å². The number of hydrogen-bond acceptors (Lipinski definition) is 2. The predicted octanol–water partition coefficient (Wildman–Crippen LogP) is 3.51. The van der Waals surface area contributed by atoms with Gasteiger partial charge in [0.05, 0.1) is 0 Å². The van der Waals surface area contributed by atoms with Crippen molar-refractivity contribution < 1.29 is 0 Å². The lowest BCUT2D eigenvalue weighted by atomic mass is 9.93. The summed E-state index contributed by atoms with van der Waals surface area (Å²) in [6, 6.07) is 7.07. The first-order valence-corrected chi connectivity index (χ1v) is 7.70. The molecular weight excluding hydrogens is 232 g/mol. The highest BCUT2D eigenvalue weighted by Gasteiger charge is 2.20. The second-order valence-electron chi connectivity index (χ2n) is 6.18. The van der Waals surface area contributed by atoms with E-state index in [0.717, 1.165) is 12.3 Å². The van der Waals surface area contributed by atoms with Gasteiger partial charge >= 0.3 is 0 Å². The van der Waals surface area contributed by atoms with Gasteiger partial charge in [-0.3, -0.25) is 0 Å². The fourth-order valence-corrected chi connectivity index (χ4v) is 3.15. The summed E-state index contributed by atoms with van der Waals surface area (Å²) in [6.07, 6.45) is 4.99. The normalized spacial score (nSPS) is 21.5. The monoisotopic (exact) mass is 260 g/mol. The summed E-state index contributed by atoms with van der Waals surface area (Å²) in [5.74, 6) is 0.859. The van der Waals surface area contributed by atoms with Crippen LogP contribution in [0.1, 0.15) is 44.2 Å². The van der Waals surface area contributed by atoms with Gasteiger partial charge in [-0.05, 0) is 50.7 Å². The van der Waals surface area contributed by atoms with Gasteiger partial charge in [0.2, 0.25) is 0 Å². The maximum Gasteiger partial charge on any atom is 0.0399 e. The van der Waals surface area contributed by atoms with E-state index < -0.39 is 0 Å². The van der Waals surface area contributed by atoms with Gasteiger partial charge in [0.15, 0.2) is 0 Å². The Morgan fingerprint density at radius 3 is 2.89 bits per heavy atom. The van der Waals surface area contributed by atoms with Gasteiger partial charge in [-0.2, -0.15) is 0 Å². The van der Waals surface area contributed by atoms with Crippen LogP contribution in [-0.2, 0) is 6.42 Å². The van der Waals surface area contributed by atoms with Gasteiger partial charge in [-0.15, -0.1) is 0 Å². The molecular formula is C17H28N2. The highest BCUT2D eigenvalue weighted by Crippen LogP contribution is 2.29. The number of anilines is 1. The maximum atomic E-state index is 6.01. The molecule has 2 atom stereocenters. The number of hydrogen-bond donors (Lipinski definition) is 1. The average Bonchev–Trinajstić information content (AvgIpc) is 2.38. The molecule has 1 aromatic carbocycles. The van der Waals surface area contributed by atoms with Gasteiger partial charge in [-0.1, -0.05) is 31.0 Å². The molecule has 0 saturated carbocycles. The lowest BCUT2D eigenvalue weighted by molar-refractivity contribution is 0.404. The Morgan fingerprint density at radius 2 is 2.21 bits per heavy atom. The van der Waals surface area contributed by atoms with Crippen molar-refractivity contribution >= 4 is 5.69 Å². The van der Waals surface area contributed by atoms with Crippen molar-refractivity contribution in [3.63, 3.8) is 0 Å². The van der Waals surface area contributed by atoms with Crippen molar-refractivity contribution in [2.24, 2.45) is 11.7 Å². The Hall–Kier alpha value is -1.02. The zero-order valence-electron chi connectivity index (χ0n) is 12.7. The van der Waals surface area contributed by atoms with Crippen LogP contribution >= 0.6 is 0 Å². The minimum atomic E-state index is 0.229. The standard InChI is InChI=1S/C17H28N2/c1-4-15-6-5-9-19(12-15)17-8-7-13(2)10-16(17)11-14(3)18/h7-8,10,14-15H,4-6,9,11-12,18H2,1-3H3. The lowest BCUT2D eigenvalue weighted by Gasteiger charge is -2.35. The molecule has 2 N–H and O–H groups in total. The SMILES string of the molecule is CCC1CCCN(c2ccc(C)cc2CC(C)N)C1.